The first-order chi connectivity index (χ1) is 7.24. The smallest absolute Gasteiger partial charge is 0.155 e. The second-order valence-electron chi connectivity index (χ2n) is 4.29. The van der Waals surface area contributed by atoms with E-state index in [9.17, 15) is 4.79 Å². The molecule has 1 aliphatic rings. The standard InChI is InChI=1S/C14H16O/c1-11-4-2-5-12(8-11)9-13-6-3-7-14(15)10-13/h2,4-5,8,10H,3,6-7,9H2,1H3. The number of hydrogen-bond donors (Lipinski definition) is 0. The van der Waals surface area contributed by atoms with E-state index in [-0.39, 0.29) is 0 Å². The van der Waals surface area contributed by atoms with Crippen LogP contribution >= 0.6 is 0 Å². The van der Waals surface area contributed by atoms with E-state index in [1.54, 1.807) is 0 Å². The summed E-state index contributed by atoms with van der Waals surface area (Å²) in [5.74, 6) is 0.295. The lowest BCUT2D eigenvalue weighted by Crippen LogP contribution is -2.04. The van der Waals surface area contributed by atoms with Crippen molar-refractivity contribution in [3.8, 4) is 0 Å². The van der Waals surface area contributed by atoms with Gasteiger partial charge in [0.05, 0.1) is 0 Å². The predicted octanol–water partition coefficient (Wildman–Crippen LogP) is 3.22. The molecule has 0 amide bonds. The molecule has 15 heavy (non-hydrogen) atoms. The van der Waals surface area contributed by atoms with Crippen molar-refractivity contribution in [3.05, 3.63) is 47.0 Å². The minimum absolute atomic E-state index is 0.295. The molecule has 0 unspecified atom stereocenters. The molecule has 1 heteroatoms. The Morgan fingerprint density at radius 2 is 2.13 bits per heavy atom. The lowest BCUT2D eigenvalue weighted by molar-refractivity contribution is -0.115. The maximum Gasteiger partial charge on any atom is 0.155 e. The summed E-state index contributed by atoms with van der Waals surface area (Å²) >= 11 is 0. The summed E-state index contributed by atoms with van der Waals surface area (Å²) in [6.07, 6.45) is 5.62. The Balaban J connectivity index is 2.11. The van der Waals surface area contributed by atoms with Crippen LogP contribution in [0.15, 0.2) is 35.9 Å². The van der Waals surface area contributed by atoms with Gasteiger partial charge in [-0.15, -0.1) is 0 Å². The second-order valence-corrected chi connectivity index (χ2v) is 4.29. The van der Waals surface area contributed by atoms with Crippen LogP contribution in [0.2, 0.25) is 0 Å². The van der Waals surface area contributed by atoms with Crippen molar-refractivity contribution in [2.75, 3.05) is 0 Å². The minimum Gasteiger partial charge on any atom is -0.295 e. The number of rotatable bonds is 2. The van der Waals surface area contributed by atoms with Gasteiger partial charge < -0.3 is 0 Å². The van der Waals surface area contributed by atoms with E-state index < -0.39 is 0 Å². The third kappa shape index (κ3) is 2.79. The van der Waals surface area contributed by atoms with E-state index in [0.29, 0.717) is 5.78 Å². The van der Waals surface area contributed by atoms with E-state index in [2.05, 4.69) is 31.2 Å². The van der Waals surface area contributed by atoms with Crippen molar-refractivity contribution in [3.63, 3.8) is 0 Å². The van der Waals surface area contributed by atoms with Crippen LogP contribution in [-0.2, 0) is 11.2 Å². The fourth-order valence-electron chi connectivity index (χ4n) is 2.09. The zero-order valence-electron chi connectivity index (χ0n) is 9.12. The zero-order chi connectivity index (χ0) is 10.7. The van der Waals surface area contributed by atoms with E-state index in [4.69, 9.17) is 0 Å². The zero-order valence-corrected chi connectivity index (χ0v) is 9.12. The van der Waals surface area contributed by atoms with Crippen LogP contribution in [0.4, 0.5) is 0 Å². The summed E-state index contributed by atoms with van der Waals surface area (Å²) in [6.45, 7) is 2.10. The highest BCUT2D eigenvalue weighted by Gasteiger charge is 2.09. The van der Waals surface area contributed by atoms with Crippen molar-refractivity contribution >= 4 is 5.78 Å². The van der Waals surface area contributed by atoms with Crippen LogP contribution in [0.1, 0.15) is 30.4 Å². The maximum atomic E-state index is 11.3. The summed E-state index contributed by atoms with van der Waals surface area (Å²) in [7, 11) is 0. The molecule has 1 aliphatic carbocycles. The highest BCUT2D eigenvalue weighted by atomic mass is 16.1. The number of allylic oxidation sites excluding steroid dienone is 2. The molecule has 0 fully saturated rings. The quantitative estimate of drug-likeness (QED) is 0.716. The summed E-state index contributed by atoms with van der Waals surface area (Å²) in [5.41, 5.74) is 3.89. The van der Waals surface area contributed by atoms with Crippen LogP contribution in [0, 0.1) is 6.92 Å². The molecule has 0 saturated carbocycles. The monoisotopic (exact) mass is 200 g/mol. The van der Waals surface area contributed by atoms with Crippen molar-refractivity contribution in [2.45, 2.75) is 32.6 Å². The Hall–Kier alpha value is -1.37. The third-order valence-electron chi connectivity index (χ3n) is 2.80. The second kappa shape index (κ2) is 4.43. The maximum absolute atomic E-state index is 11.3. The van der Waals surface area contributed by atoms with Gasteiger partial charge in [0.15, 0.2) is 5.78 Å². The molecule has 0 spiro atoms. The summed E-state index contributed by atoms with van der Waals surface area (Å²) in [5, 5.41) is 0. The number of hydrogen-bond acceptors (Lipinski definition) is 1. The lowest BCUT2D eigenvalue weighted by atomic mass is 9.93. The first-order valence-corrected chi connectivity index (χ1v) is 5.52. The molecule has 0 heterocycles. The van der Waals surface area contributed by atoms with E-state index in [1.165, 1.54) is 16.7 Å². The topological polar surface area (TPSA) is 17.1 Å². The van der Waals surface area contributed by atoms with Crippen LogP contribution < -0.4 is 0 Å². The molecule has 1 aromatic carbocycles. The Morgan fingerprint density at radius 1 is 1.27 bits per heavy atom. The Labute approximate surface area is 90.8 Å². The SMILES string of the molecule is Cc1cccc(CC2=CC(=O)CCC2)c1. The molecule has 0 atom stereocenters. The Morgan fingerprint density at radius 3 is 2.87 bits per heavy atom. The molecule has 1 aromatic rings. The van der Waals surface area contributed by atoms with Crippen molar-refractivity contribution < 1.29 is 4.79 Å². The van der Waals surface area contributed by atoms with Gasteiger partial charge in [-0.2, -0.15) is 0 Å². The molecular weight excluding hydrogens is 184 g/mol. The van der Waals surface area contributed by atoms with Crippen LogP contribution in [0.5, 0.6) is 0 Å². The van der Waals surface area contributed by atoms with Crippen LogP contribution in [-0.4, -0.2) is 5.78 Å². The third-order valence-corrected chi connectivity index (χ3v) is 2.80. The summed E-state index contributed by atoms with van der Waals surface area (Å²) in [4.78, 5) is 11.3. The van der Waals surface area contributed by atoms with E-state index >= 15 is 0 Å². The number of benzene rings is 1. The molecule has 1 nitrogen and oxygen atoms in total. The fourth-order valence-corrected chi connectivity index (χ4v) is 2.09. The molecule has 78 valence electrons. The predicted molar refractivity (Wildman–Crippen MR) is 61.8 cm³/mol. The first-order valence-electron chi connectivity index (χ1n) is 5.52. The Kier molecular flexibility index (Phi) is 3.00. The summed E-state index contributed by atoms with van der Waals surface area (Å²) in [6, 6.07) is 8.51. The average Bonchev–Trinajstić information content (AvgIpc) is 2.17. The highest BCUT2D eigenvalue weighted by Crippen LogP contribution is 2.19. The van der Waals surface area contributed by atoms with Crippen LogP contribution in [0.25, 0.3) is 0 Å². The lowest BCUT2D eigenvalue weighted by Gasteiger charge is -2.12. The summed E-state index contributed by atoms with van der Waals surface area (Å²) < 4.78 is 0. The van der Waals surface area contributed by atoms with Gasteiger partial charge in [-0.05, 0) is 37.8 Å². The molecule has 0 aliphatic heterocycles. The number of aryl methyl sites for hydroxylation is 1. The molecule has 0 saturated heterocycles. The highest BCUT2D eigenvalue weighted by molar-refractivity contribution is 5.91. The van der Waals surface area contributed by atoms with Crippen molar-refractivity contribution in [1.29, 1.82) is 0 Å². The van der Waals surface area contributed by atoms with Gasteiger partial charge in [0.2, 0.25) is 0 Å². The molecule has 0 radical (unpaired) electrons. The molecular formula is C14H16O. The van der Waals surface area contributed by atoms with Crippen molar-refractivity contribution in [1.82, 2.24) is 0 Å². The largest absolute Gasteiger partial charge is 0.295 e. The average molecular weight is 200 g/mol. The van der Waals surface area contributed by atoms with Gasteiger partial charge >= 0.3 is 0 Å². The molecule has 2 rings (SSSR count). The molecule has 0 aromatic heterocycles. The number of ketones is 1. The number of carbonyl (C=O) groups is 1. The van der Waals surface area contributed by atoms with Gasteiger partial charge in [-0.3, -0.25) is 4.79 Å². The van der Waals surface area contributed by atoms with Gasteiger partial charge in [0.25, 0.3) is 0 Å². The Bertz CT molecular complexity index is 402. The molecule has 0 N–H and O–H groups in total. The van der Waals surface area contributed by atoms with Crippen LogP contribution in [0.3, 0.4) is 0 Å². The van der Waals surface area contributed by atoms with Gasteiger partial charge in [-0.1, -0.05) is 35.4 Å². The minimum atomic E-state index is 0.295. The van der Waals surface area contributed by atoms with E-state index in [0.717, 1.165) is 25.7 Å². The first kappa shape index (κ1) is 10.2. The number of carbonyl (C=O) groups excluding carboxylic acids is 1. The van der Waals surface area contributed by atoms with Gasteiger partial charge in [0.1, 0.15) is 0 Å². The van der Waals surface area contributed by atoms with E-state index in [1.807, 2.05) is 6.08 Å². The van der Waals surface area contributed by atoms with Crippen molar-refractivity contribution in [2.24, 2.45) is 0 Å². The van der Waals surface area contributed by atoms with Gasteiger partial charge in [0, 0.05) is 6.42 Å². The van der Waals surface area contributed by atoms with Gasteiger partial charge in [-0.25, -0.2) is 0 Å². The fraction of sp³-hybridized carbons (Fsp3) is 0.357. The normalized spacial score (nSPS) is 16.3. The molecule has 0 bridgehead atoms.